The first-order valence-electron chi connectivity index (χ1n) is 6.32. The van der Waals surface area contributed by atoms with Gasteiger partial charge < -0.3 is 10.4 Å². The Morgan fingerprint density at radius 3 is 2.75 bits per heavy atom. The van der Waals surface area contributed by atoms with E-state index < -0.39 is 5.97 Å². The van der Waals surface area contributed by atoms with E-state index >= 15 is 0 Å². The van der Waals surface area contributed by atoms with Crippen LogP contribution in [0.4, 0.5) is 0 Å². The van der Waals surface area contributed by atoms with E-state index in [-0.39, 0.29) is 5.91 Å². The molecule has 0 saturated heterocycles. The number of nitrogens with one attached hydrogen (secondary N) is 1. The van der Waals surface area contributed by atoms with Crippen LogP contribution in [0.5, 0.6) is 0 Å². The molecule has 1 amide bonds. The molecule has 0 aromatic carbocycles. The molecule has 104 valence electrons. The summed E-state index contributed by atoms with van der Waals surface area (Å²) < 4.78 is 0. The number of rotatable bonds is 5. The highest BCUT2D eigenvalue weighted by molar-refractivity contribution is 7.14. The van der Waals surface area contributed by atoms with E-state index in [0.29, 0.717) is 17.3 Å². The van der Waals surface area contributed by atoms with Crippen molar-refractivity contribution in [2.24, 2.45) is 0 Å². The number of hydrogen-bond donors (Lipinski definition) is 2. The molecule has 0 unspecified atom stereocenters. The minimum absolute atomic E-state index is 0.0628. The lowest BCUT2D eigenvalue weighted by molar-refractivity contribution is 0.0702. The van der Waals surface area contributed by atoms with Crippen LogP contribution in [0.1, 0.15) is 48.5 Å². The minimum Gasteiger partial charge on any atom is -0.477 e. The lowest BCUT2D eigenvalue weighted by Gasteiger charge is -2.04. The van der Waals surface area contributed by atoms with Gasteiger partial charge in [0, 0.05) is 4.88 Å². The summed E-state index contributed by atoms with van der Waals surface area (Å²) in [5, 5.41) is 13.7. The second-order valence-corrected chi connectivity index (χ2v) is 6.82. The van der Waals surface area contributed by atoms with Gasteiger partial charge in [0.25, 0.3) is 5.91 Å². The van der Waals surface area contributed by atoms with Crippen molar-refractivity contribution < 1.29 is 14.7 Å². The smallest absolute Gasteiger partial charge is 0.345 e. The molecule has 0 spiro atoms. The van der Waals surface area contributed by atoms with Crippen LogP contribution >= 0.6 is 22.7 Å². The number of carboxylic acids is 1. The molecule has 0 atom stereocenters. The lowest BCUT2D eigenvalue weighted by Crippen LogP contribution is -2.22. The van der Waals surface area contributed by atoms with Gasteiger partial charge >= 0.3 is 5.97 Å². The maximum atomic E-state index is 12.2. The summed E-state index contributed by atoms with van der Waals surface area (Å²) in [5.74, 6) is -0.434. The first kappa shape index (κ1) is 13.3. The van der Waals surface area contributed by atoms with E-state index in [4.69, 9.17) is 5.11 Å². The van der Waals surface area contributed by atoms with E-state index in [1.807, 2.05) is 11.4 Å². The van der Waals surface area contributed by atoms with E-state index in [1.165, 1.54) is 35.5 Å². The Morgan fingerprint density at radius 1 is 1.30 bits per heavy atom. The zero-order chi connectivity index (χ0) is 14.1. The number of carbonyl (C=O) groups is 2. The van der Waals surface area contributed by atoms with Crippen LogP contribution in [0.3, 0.4) is 0 Å². The summed E-state index contributed by atoms with van der Waals surface area (Å²) in [7, 11) is 0. The molecule has 2 heterocycles. The summed E-state index contributed by atoms with van der Waals surface area (Å²) in [6, 6.07) is 5.34. The number of aromatic carboxylic acids is 1. The molecular weight excluding hydrogens is 294 g/mol. The first-order valence-corrected chi connectivity index (χ1v) is 8.02. The zero-order valence-corrected chi connectivity index (χ0v) is 12.2. The van der Waals surface area contributed by atoms with E-state index in [9.17, 15) is 9.59 Å². The first-order chi connectivity index (χ1) is 9.65. The molecule has 4 nitrogen and oxygen atoms in total. The van der Waals surface area contributed by atoms with Gasteiger partial charge in [0.05, 0.1) is 11.4 Å². The van der Waals surface area contributed by atoms with Gasteiger partial charge in [-0.1, -0.05) is 0 Å². The molecule has 1 aliphatic carbocycles. The highest BCUT2D eigenvalue weighted by Crippen LogP contribution is 2.43. The Morgan fingerprint density at radius 2 is 2.10 bits per heavy atom. The Bertz CT molecular complexity index is 655. The molecule has 0 bridgehead atoms. The maximum Gasteiger partial charge on any atom is 0.345 e. The van der Waals surface area contributed by atoms with Gasteiger partial charge in [-0.15, -0.1) is 22.7 Å². The van der Waals surface area contributed by atoms with E-state index in [1.54, 1.807) is 12.1 Å². The normalized spacial score (nSPS) is 14.2. The maximum absolute atomic E-state index is 12.2. The molecule has 2 aromatic rings. The summed E-state index contributed by atoms with van der Waals surface area (Å²) in [4.78, 5) is 24.9. The van der Waals surface area contributed by atoms with E-state index in [0.717, 1.165) is 15.3 Å². The fraction of sp³-hybridized carbons (Fsp3) is 0.286. The molecule has 6 heteroatoms. The predicted molar refractivity (Wildman–Crippen MR) is 78.7 cm³/mol. The van der Waals surface area contributed by atoms with Gasteiger partial charge in [0.1, 0.15) is 4.88 Å². The number of thiophene rings is 2. The Labute approximate surface area is 124 Å². The standard InChI is InChI=1S/C14H13NO3S2/c16-13(12-10(5-6-19-12)8-1-2-8)15-7-9-3-4-11(20-9)14(17)18/h3-6,8H,1-2,7H2,(H,15,16)(H,17,18). The van der Waals surface area contributed by atoms with Crippen LogP contribution in [0.25, 0.3) is 0 Å². The van der Waals surface area contributed by atoms with Crippen molar-refractivity contribution in [3.05, 3.63) is 43.8 Å². The minimum atomic E-state index is -0.929. The van der Waals surface area contributed by atoms with E-state index in [2.05, 4.69) is 5.32 Å². The Kier molecular flexibility index (Phi) is 3.58. The third-order valence-electron chi connectivity index (χ3n) is 3.21. The van der Waals surface area contributed by atoms with Crippen molar-refractivity contribution in [1.82, 2.24) is 5.32 Å². The van der Waals surface area contributed by atoms with Gasteiger partial charge in [0.2, 0.25) is 0 Å². The fourth-order valence-corrected chi connectivity index (χ4v) is 3.74. The molecule has 0 aliphatic heterocycles. The second kappa shape index (κ2) is 5.38. The van der Waals surface area contributed by atoms with Crippen molar-refractivity contribution in [1.29, 1.82) is 0 Å². The molecule has 1 fully saturated rings. The highest BCUT2D eigenvalue weighted by atomic mass is 32.1. The third-order valence-corrected chi connectivity index (χ3v) is 5.22. The Hall–Kier alpha value is -1.66. The number of carbonyl (C=O) groups excluding carboxylic acids is 1. The van der Waals surface area contributed by atoms with Crippen LogP contribution < -0.4 is 5.32 Å². The quantitative estimate of drug-likeness (QED) is 0.890. The molecule has 1 aliphatic rings. The molecule has 3 rings (SSSR count). The van der Waals surface area contributed by atoms with Gasteiger partial charge in [0.15, 0.2) is 0 Å². The Balaban J connectivity index is 1.63. The summed E-state index contributed by atoms with van der Waals surface area (Å²) in [6.45, 7) is 0.374. The number of carboxylic acid groups (broad SMARTS) is 1. The average molecular weight is 307 g/mol. The van der Waals surface area contributed by atoms with Crippen LogP contribution in [-0.2, 0) is 6.54 Å². The van der Waals surface area contributed by atoms with Crippen LogP contribution in [-0.4, -0.2) is 17.0 Å². The molecule has 1 saturated carbocycles. The summed E-state index contributed by atoms with van der Waals surface area (Å²) in [5.41, 5.74) is 1.16. The molecule has 0 radical (unpaired) electrons. The topological polar surface area (TPSA) is 66.4 Å². The van der Waals surface area contributed by atoms with Crippen LogP contribution in [0.15, 0.2) is 23.6 Å². The van der Waals surface area contributed by atoms with Crippen LogP contribution in [0.2, 0.25) is 0 Å². The van der Waals surface area contributed by atoms with Gasteiger partial charge in [-0.05, 0) is 47.9 Å². The van der Waals surface area contributed by atoms with Gasteiger partial charge in [-0.2, -0.15) is 0 Å². The monoisotopic (exact) mass is 307 g/mol. The predicted octanol–water partition coefficient (Wildman–Crippen LogP) is 3.32. The second-order valence-electron chi connectivity index (χ2n) is 4.73. The number of hydrogen-bond acceptors (Lipinski definition) is 4. The molecule has 2 N–H and O–H groups in total. The van der Waals surface area contributed by atoms with Crippen molar-refractivity contribution in [2.75, 3.05) is 0 Å². The molecular formula is C14H13NO3S2. The average Bonchev–Trinajstić information content (AvgIpc) is 2.98. The third kappa shape index (κ3) is 2.76. The van der Waals surface area contributed by atoms with Gasteiger partial charge in [-0.3, -0.25) is 4.79 Å². The molecule has 2 aromatic heterocycles. The summed E-state index contributed by atoms with van der Waals surface area (Å²) in [6.07, 6.45) is 2.34. The van der Waals surface area contributed by atoms with Crippen molar-refractivity contribution in [3.8, 4) is 0 Å². The van der Waals surface area contributed by atoms with Crippen molar-refractivity contribution in [3.63, 3.8) is 0 Å². The lowest BCUT2D eigenvalue weighted by atomic mass is 10.1. The fourth-order valence-electron chi connectivity index (χ4n) is 2.06. The number of amides is 1. The van der Waals surface area contributed by atoms with Crippen LogP contribution in [0, 0.1) is 0 Å². The zero-order valence-electron chi connectivity index (χ0n) is 10.6. The largest absolute Gasteiger partial charge is 0.477 e. The molecule has 20 heavy (non-hydrogen) atoms. The van der Waals surface area contributed by atoms with Gasteiger partial charge in [-0.25, -0.2) is 4.79 Å². The van der Waals surface area contributed by atoms with Crippen molar-refractivity contribution in [2.45, 2.75) is 25.3 Å². The van der Waals surface area contributed by atoms with Crippen molar-refractivity contribution >= 4 is 34.6 Å². The summed E-state index contributed by atoms with van der Waals surface area (Å²) >= 11 is 2.66. The highest BCUT2D eigenvalue weighted by Gasteiger charge is 2.28. The SMILES string of the molecule is O=C(O)c1ccc(CNC(=O)c2sccc2C2CC2)s1.